The van der Waals surface area contributed by atoms with Crippen LogP contribution < -0.4 is 16.8 Å². The van der Waals surface area contributed by atoms with Crippen LogP contribution in [0.3, 0.4) is 0 Å². The van der Waals surface area contributed by atoms with Gasteiger partial charge in [0.05, 0.1) is 6.04 Å². The Labute approximate surface area is 112 Å². The van der Waals surface area contributed by atoms with Crippen molar-refractivity contribution in [1.29, 1.82) is 0 Å². The van der Waals surface area contributed by atoms with Crippen LogP contribution in [0.15, 0.2) is 48.5 Å². The summed E-state index contributed by atoms with van der Waals surface area (Å²) in [5, 5.41) is 2.92. The molecule has 0 unspecified atom stereocenters. The molecule has 0 saturated carbocycles. The predicted molar refractivity (Wildman–Crippen MR) is 77.6 cm³/mol. The van der Waals surface area contributed by atoms with Gasteiger partial charge >= 0.3 is 0 Å². The molecule has 0 aliphatic heterocycles. The first-order valence-electron chi connectivity index (χ1n) is 6.08. The van der Waals surface area contributed by atoms with Gasteiger partial charge in [-0.3, -0.25) is 4.79 Å². The van der Waals surface area contributed by atoms with Crippen molar-refractivity contribution in [3.8, 4) is 0 Å². The van der Waals surface area contributed by atoms with E-state index in [0.29, 0.717) is 16.9 Å². The quantitative estimate of drug-likeness (QED) is 0.736. The fourth-order valence-corrected chi connectivity index (χ4v) is 1.91. The predicted octanol–water partition coefficient (Wildman–Crippen LogP) is 2.34. The number of hydrogen-bond donors (Lipinski definition) is 3. The Kier molecular flexibility index (Phi) is 3.71. The molecular weight excluding hydrogens is 238 g/mol. The van der Waals surface area contributed by atoms with E-state index in [1.54, 1.807) is 18.2 Å². The van der Waals surface area contributed by atoms with Gasteiger partial charge < -0.3 is 16.8 Å². The number of carbonyl (C=O) groups is 1. The van der Waals surface area contributed by atoms with Crippen molar-refractivity contribution >= 4 is 17.3 Å². The molecule has 0 aliphatic rings. The molecule has 4 nitrogen and oxygen atoms in total. The molecule has 4 heteroatoms. The van der Waals surface area contributed by atoms with Gasteiger partial charge in [0, 0.05) is 16.9 Å². The fourth-order valence-electron chi connectivity index (χ4n) is 1.91. The van der Waals surface area contributed by atoms with Crippen LogP contribution in [0.1, 0.15) is 28.9 Å². The average Bonchev–Trinajstić information content (AvgIpc) is 2.38. The van der Waals surface area contributed by atoms with E-state index in [2.05, 4.69) is 5.32 Å². The third-order valence-corrected chi connectivity index (χ3v) is 2.89. The zero-order valence-electron chi connectivity index (χ0n) is 10.8. The van der Waals surface area contributed by atoms with Gasteiger partial charge in [-0.15, -0.1) is 0 Å². The highest BCUT2D eigenvalue weighted by atomic mass is 16.1. The summed E-state index contributed by atoms with van der Waals surface area (Å²) < 4.78 is 0. The smallest absolute Gasteiger partial charge is 0.251 e. The van der Waals surface area contributed by atoms with Crippen LogP contribution in [-0.4, -0.2) is 5.91 Å². The molecule has 0 saturated heterocycles. The summed E-state index contributed by atoms with van der Waals surface area (Å²) in [5.41, 5.74) is 13.8. The van der Waals surface area contributed by atoms with E-state index < -0.39 is 0 Å². The number of carbonyl (C=O) groups excluding carboxylic acids is 1. The maximum Gasteiger partial charge on any atom is 0.251 e. The lowest BCUT2D eigenvalue weighted by molar-refractivity contribution is 0.0940. The summed E-state index contributed by atoms with van der Waals surface area (Å²) in [7, 11) is 0. The van der Waals surface area contributed by atoms with Crippen LogP contribution in [0.25, 0.3) is 0 Å². The molecule has 0 radical (unpaired) electrons. The first-order valence-corrected chi connectivity index (χ1v) is 6.08. The normalized spacial score (nSPS) is 11.8. The van der Waals surface area contributed by atoms with E-state index in [4.69, 9.17) is 11.5 Å². The van der Waals surface area contributed by atoms with Crippen LogP contribution in [0.4, 0.5) is 11.4 Å². The molecule has 1 amide bonds. The Morgan fingerprint density at radius 1 is 1.05 bits per heavy atom. The fraction of sp³-hybridized carbons (Fsp3) is 0.133. The first-order chi connectivity index (χ1) is 9.06. The van der Waals surface area contributed by atoms with E-state index in [1.807, 2.05) is 37.3 Å². The van der Waals surface area contributed by atoms with Gasteiger partial charge in [-0.05, 0) is 30.7 Å². The zero-order chi connectivity index (χ0) is 13.8. The lowest BCUT2D eigenvalue weighted by atomic mass is 10.1. The largest absolute Gasteiger partial charge is 0.399 e. The van der Waals surface area contributed by atoms with Gasteiger partial charge in [0.1, 0.15) is 0 Å². The number of nitrogens with one attached hydrogen (secondary N) is 1. The van der Waals surface area contributed by atoms with Gasteiger partial charge in [-0.25, -0.2) is 0 Å². The third kappa shape index (κ3) is 3.25. The molecule has 0 fully saturated rings. The summed E-state index contributed by atoms with van der Waals surface area (Å²) in [4.78, 5) is 12.1. The second-order valence-corrected chi connectivity index (χ2v) is 4.49. The van der Waals surface area contributed by atoms with Crippen molar-refractivity contribution in [2.75, 3.05) is 11.5 Å². The van der Waals surface area contributed by atoms with Crippen molar-refractivity contribution in [1.82, 2.24) is 5.32 Å². The topological polar surface area (TPSA) is 81.1 Å². The van der Waals surface area contributed by atoms with Crippen molar-refractivity contribution in [2.24, 2.45) is 0 Å². The van der Waals surface area contributed by atoms with Gasteiger partial charge in [0.25, 0.3) is 5.91 Å². The standard InChI is InChI=1S/C15H17N3O/c1-10(11-5-3-2-4-6-11)18-15(19)12-7-13(16)9-14(17)8-12/h2-10H,16-17H2,1H3,(H,18,19)/t10-/m0/s1. The zero-order valence-corrected chi connectivity index (χ0v) is 10.8. The van der Waals surface area contributed by atoms with Crippen LogP contribution in [-0.2, 0) is 0 Å². The van der Waals surface area contributed by atoms with Crippen molar-refractivity contribution in [3.63, 3.8) is 0 Å². The van der Waals surface area contributed by atoms with Gasteiger partial charge in [-0.2, -0.15) is 0 Å². The average molecular weight is 255 g/mol. The number of anilines is 2. The van der Waals surface area contributed by atoms with Crippen molar-refractivity contribution in [2.45, 2.75) is 13.0 Å². The number of nitrogens with two attached hydrogens (primary N) is 2. The molecule has 2 aromatic rings. The van der Waals surface area contributed by atoms with Crippen LogP contribution in [0.2, 0.25) is 0 Å². The van der Waals surface area contributed by atoms with Crippen molar-refractivity contribution in [3.05, 3.63) is 59.7 Å². The molecule has 2 aromatic carbocycles. The second kappa shape index (κ2) is 5.44. The Morgan fingerprint density at radius 3 is 2.21 bits per heavy atom. The molecule has 5 N–H and O–H groups in total. The maximum atomic E-state index is 12.1. The second-order valence-electron chi connectivity index (χ2n) is 4.49. The SMILES string of the molecule is C[C@H](NC(=O)c1cc(N)cc(N)c1)c1ccccc1. The van der Waals surface area contributed by atoms with E-state index in [0.717, 1.165) is 5.56 Å². The number of nitrogen functional groups attached to an aromatic ring is 2. The number of hydrogen-bond acceptors (Lipinski definition) is 3. The Balaban J connectivity index is 2.13. The molecular formula is C15H17N3O. The summed E-state index contributed by atoms with van der Waals surface area (Å²) in [6.45, 7) is 1.93. The lowest BCUT2D eigenvalue weighted by Crippen LogP contribution is -2.26. The molecule has 0 bridgehead atoms. The molecule has 98 valence electrons. The van der Waals surface area contributed by atoms with Crippen molar-refractivity contribution < 1.29 is 4.79 Å². The Bertz CT molecular complexity index is 561. The number of amides is 1. The molecule has 2 rings (SSSR count). The third-order valence-electron chi connectivity index (χ3n) is 2.89. The molecule has 19 heavy (non-hydrogen) atoms. The minimum absolute atomic E-state index is 0.0728. The highest BCUT2D eigenvalue weighted by Crippen LogP contribution is 2.16. The Morgan fingerprint density at radius 2 is 1.63 bits per heavy atom. The summed E-state index contributed by atoms with van der Waals surface area (Å²) >= 11 is 0. The summed E-state index contributed by atoms with van der Waals surface area (Å²) in [6, 6.07) is 14.5. The monoisotopic (exact) mass is 255 g/mol. The minimum Gasteiger partial charge on any atom is -0.399 e. The molecule has 0 aromatic heterocycles. The summed E-state index contributed by atoms with van der Waals surface area (Å²) in [5.74, 6) is -0.185. The highest BCUT2D eigenvalue weighted by molar-refractivity contribution is 5.96. The molecule has 0 spiro atoms. The number of benzene rings is 2. The molecule has 1 atom stereocenters. The van der Waals surface area contributed by atoms with Crippen LogP contribution in [0, 0.1) is 0 Å². The van der Waals surface area contributed by atoms with E-state index in [9.17, 15) is 4.79 Å². The number of rotatable bonds is 3. The van der Waals surface area contributed by atoms with E-state index >= 15 is 0 Å². The van der Waals surface area contributed by atoms with Gasteiger partial charge in [-0.1, -0.05) is 30.3 Å². The van der Waals surface area contributed by atoms with E-state index in [-0.39, 0.29) is 11.9 Å². The summed E-state index contributed by atoms with van der Waals surface area (Å²) in [6.07, 6.45) is 0. The first kappa shape index (κ1) is 13.0. The van der Waals surface area contributed by atoms with Crippen LogP contribution >= 0.6 is 0 Å². The van der Waals surface area contributed by atoms with E-state index in [1.165, 1.54) is 0 Å². The van der Waals surface area contributed by atoms with Gasteiger partial charge in [0.2, 0.25) is 0 Å². The lowest BCUT2D eigenvalue weighted by Gasteiger charge is -2.14. The van der Waals surface area contributed by atoms with Crippen LogP contribution in [0.5, 0.6) is 0 Å². The molecule has 0 aliphatic carbocycles. The maximum absolute atomic E-state index is 12.1. The van der Waals surface area contributed by atoms with Gasteiger partial charge in [0.15, 0.2) is 0 Å². The molecule has 0 heterocycles. The highest BCUT2D eigenvalue weighted by Gasteiger charge is 2.11. The minimum atomic E-state index is -0.185. The Hall–Kier alpha value is -2.49.